The van der Waals surface area contributed by atoms with Crippen molar-refractivity contribution in [3.63, 3.8) is 0 Å². The van der Waals surface area contributed by atoms with Crippen LogP contribution in [-0.2, 0) is 0 Å². The second kappa shape index (κ2) is 8.70. The Hall–Kier alpha value is -3.14. The number of hydrogen-bond acceptors (Lipinski definition) is 4. The Labute approximate surface area is 167 Å². The standard InChI is InChI=1S/C24H27N3O/c1-17-13-18(2)15-21(14-17)23(19-5-7-22(8-6-19)27(3)4)16-24(26-28)20-9-11-25-12-10-20/h5-15,23,28H,16H2,1-4H3/b26-24-. The highest BCUT2D eigenvalue weighted by Crippen LogP contribution is 2.32. The summed E-state index contributed by atoms with van der Waals surface area (Å²) < 4.78 is 0. The molecule has 4 nitrogen and oxygen atoms in total. The van der Waals surface area contributed by atoms with Gasteiger partial charge in [-0.3, -0.25) is 4.98 Å². The summed E-state index contributed by atoms with van der Waals surface area (Å²) >= 11 is 0. The minimum absolute atomic E-state index is 0.0916. The lowest BCUT2D eigenvalue weighted by Crippen LogP contribution is -2.12. The van der Waals surface area contributed by atoms with Crippen LogP contribution in [0.1, 0.15) is 40.2 Å². The van der Waals surface area contributed by atoms with Crippen molar-refractivity contribution in [3.05, 3.63) is 94.8 Å². The van der Waals surface area contributed by atoms with Crippen molar-refractivity contribution < 1.29 is 5.21 Å². The number of nitrogens with zero attached hydrogens (tertiary/aromatic N) is 3. The van der Waals surface area contributed by atoms with Crippen LogP contribution < -0.4 is 4.90 Å². The Morgan fingerprint density at radius 1 is 0.929 bits per heavy atom. The van der Waals surface area contributed by atoms with Crippen LogP contribution in [0.3, 0.4) is 0 Å². The van der Waals surface area contributed by atoms with Gasteiger partial charge in [0.25, 0.3) is 0 Å². The van der Waals surface area contributed by atoms with Crippen LogP contribution in [0.4, 0.5) is 5.69 Å². The number of anilines is 1. The van der Waals surface area contributed by atoms with Gasteiger partial charge in [-0.25, -0.2) is 0 Å². The molecule has 0 aliphatic carbocycles. The predicted octanol–water partition coefficient (Wildman–Crippen LogP) is 5.16. The first kappa shape index (κ1) is 19.6. The Morgan fingerprint density at radius 3 is 2.07 bits per heavy atom. The molecule has 0 aliphatic rings. The topological polar surface area (TPSA) is 48.7 Å². The first-order chi connectivity index (χ1) is 13.5. The maximum atomic E-state index is 9.71. The van der Waals surface area contributed by atoms with Gasteiger partial charge in [-0.1, -0.05) is 46.6 Å². The van der Waals surface area contributed by atoms with Crippen molar-refractivity contribution in [1.82, 2.24) is 4.98 Å². The Balaban J connectivity index is 2.03. The summed E-state index contributed by atoms with van der Waals surface area (Å²) in [7, 11) is 4.08. The van der Waals surface area contributed by atoms with E-state index in [1.54, 1.807) is 12.4 Å². The lowest BCUT2D eigenvalue weighted by molar-refractivity contribution is 0.317. The third kappa shape index (κ3) is 4.58. The zero-order valence-corrected chi connectivity index (χ0v) is 16.9. The van der Waals surface area contributed by atoms with Crippen LogP contribution in [0.15, 0.2) is 72.1 Å². The molecule has 1 N–H and O–H groups in total. The SMILES string of the molecule is Cc1cc(C)cc(C(C/C(=N/O)c2ccncc2)c2ccc(N(C)C)cc2)c1. The van der Waals surface area contributed by atoms with Crippen LogP contribution in [0.25, 0.3) is 0 Å². The van der Waals surface area contributed by atoms with Gasteiger partial charge in [0.05, 0.1) is 5.71 Å². The number of rotatable bonds is 6. The van der Waals surface area contributed by atoms with Gasteiger partial charge in [-0.15, -0.1) is 0 Å². The molecule has 0 bridgehead atoms. The Morgan fingerprint density at radius 2 is 1.54 bits per heavy atom. The van der Waals surface area contributed by atoms with Crippen molar-refractivity contribution >= 4 is 11.4 Å². The second-order valence-corrected chi connectivity index (χ2v) is 7.45. The van der Waals surface area contributed by atoms with Crippen LogP contribution in [0, 0.1) is 13.8 Å². The maximum Gasteiger partial charge on any atom is 0.0878 e. The van der Waals surface area contributed by atoms with Gasteiger partial charge >= 0.3 is 0 Å². The minimum Gasteiger partial charge on any atom is -0.411 e. The maximum absolute atomic E-state index is 9.71. The molecule has 1 atom stereocenters. The molecule has 0 radical (unpaired) electrons. The van der Waals surface area contributed by atoms with Crippen molar-refractivity contribution in [2.75, 3.05) is 19.0 Å². The molecular formula is C24H27N3O. The van der Waals surface area contributed by atoms with Gasteiger partial charge in [0.2, 0.25) is 0 Å². The number of pyridine rings is 1. The fraction of sp³-hybridized carbons (Fsp3) is 0.250. The molecule has 0 fully saturated rings. The van der Waals surface area contributed by atoms with E-state index in [0.29, 0.717) is 12.1 Å². The van der Waals surface area contributed by atoms with Crippen molar-refractivity contribution in [1.29, 1.82) is 0 Å². The number of aryl methyl sites for hydroxylation is 2. The molecule has 1 unspecified atom stereocenters. The number of oxime groups is 1. The first-order valence-electron chi connectivity index (χ1n) is 9.44. The quantitative estimate of drug-likeness (QED) is 0.369. The van der Waals surface area contributed by atoms with E-state index in [-0.39, 0.29) is 5.92 Å². The normalized spacial score (nSPS) is 12.6. The molecule has 1 heterocycles. The summed E-state index contributed by atoms with van der Waals surface area (Å²) in [5.41, 5.74) is 7.59. The fourth-order valence-electron chi connectivity index (χ4n) is 3.60. The molecule has 0 saturated carbocycles. The molecular weight excluding hydrogens is 346 g/mol. The number of benzene rings is 2. The van der Waals surface area contributed by atoms with E-state index in [2.05, 4.69) is 71.4 Å². The first-order valence-corrected chi connectivity index (χ1v) is 9.44. The van der Waals surface area contributed by atoms with Crippen molar-refractivity contribution in [3.8, 4) is 0 Å². The van der Waals surface area contributed by atoms with Crippen LogP contribution in [-0.4, -0.2) is 30.0 Å². The molecule has 4 heteroatoms. The third-order valence-corrected chi connectivity index (χ3v) is 4.99. The Kier molecular flexibility index (Phi) is 6.09. The highest BCUT2D eigenvalue weighted by Gasteiger charge is 2.19. The predicted molar refractivity (Wildman–Crippen MR) is 116 cm³/mol. The van der Waals surface area contributed by atoms with Crippen molar-refractivity contribution in [2.24, 2.45) is 5.16 Å². The molecule has 0 spiro atoms. The van der Waals surface area contributed by atoms with E-state index in [1.165, 1.54) is 22.3 Å². The van der Waals surface area contributed by atoms with Gasteiger partial charge < -0.3 is 10.1 Å². The van der Waals surface area contributed by atoms with E-state index in [1.807, 2.05) is 26.2 Å². The van der Waals surface area contributed by atoms with Gasteiger partial charge in [-0.05, 0) is 49.2 Å². The minimum atomic E-state index is 0.0916. The monoisotopic (exact) mass is 373 g/mol. The van der Waals surface area contributed by atoms with E-state index < -0.39 is 0 Å². The van der Waals surface area contributed by atoms with Crippen LogP contribution in [0.5, 0.6) is 0 Å². The molecule has 3 rings (SSSR count). The highest BCUT2D eigenvalue weighted by molar-refractivity contribution is 6.00. The third-order valence-electron chi connectivity index (χ3n) is 4.99. The van der Waals surface area contributed by atoms with Crippen molar-refractivity contribution in [2.45, 2.75) is 26.2 Å². The number of hydrogen-bond donors (Lipinski definition) is 1. The number of aromatic nitrogens is 1. The lowest BCUT2D eigenvalue weighted by atomic mass is 9.84. The molecule has 0 aliphatic heterocycles. The van der Waals surface area contributed by atoms with Gasteiger partial charge in [-0.2, -0.15) is 0 Å². The molecule has 1 aromatic heterocycles. The summed E-state index contributed by atoms with van der Waals surface area (Å²) in [6.45, 7) is 4.24. The lowest BCUT2D eigenvalue weighted by Gasteiger charge is -2.21. The van der Waals surface area contributed by atoms with Gasteiger partial charge in [0.15, 0.2) is 0 Å². The molecule has 28 heavy (non-hydrogen) atoms. The fourth-order valence-corrected chi connectivity index (χ4v) is 3.60. The molecule has 144 valence electrons. The summed E-state index contributed by atoms with van der Waals surface area (Å²) in [6.07, 6.45) is 4.04. The average molecular weight is 374 g/mol. The van der Waals surface area contributed by atoms with Gasteiger partial charge in [0, 0.05) is 50.1 Å². The summed E-state index contributed by atoms with van der Waals surface area (Å²) in [4.78, 5) is 6.16. The highest BCUT2D eigenvalue weighted by atomic mass is 16.4. The summed E-state index contributed by atoms with van der Waals surface area (Å²) in [5, 5.41) is 13.3. The molecule has 0 saturated heterocycles. The largest absolute Gasteiger partial charge is 0.411 e. The van der Waals surface area contributed by atoms with E-state index >= 15 is 0 Å². The van der Waals surface area contributed by atoms with E-state index in [9.17, 15) is 5.21 Å². The van der Waals surface area contributed by atoms with E-state index in [0.717, 1.165) is 11.3 Å². The van der Waals surface area contributed by atoms with Crippen LogP contribution >= 0.6 is 0 Å². The molecule has 3 aromatic rings. The smallest absolute Gasteiger partial charge is 0.0878 e. The average Bonchev–Trinajstić information content (AvgIpc) is 2.69. The summed E-state index contributed by atoms with van der Waals surface area (Å²) in [6, 6.07) is 19.0. The summed E-state index contributed by atoms with van der Waals surface area (Å²) in [5.74, 6) is 0.0916. The molecule has 0 amide bonds. The van der Waals surface area contributed by atoms with E-state index in [4.69, 9.17) is 0 Å². The zero-order valence-electron chi connectivity index (χ0n) is 16.9. The second-order valence-electron chi connectivity index (χ2n) is 7.45. The molecule has 2 aromatic carbocycles. The Bertz CT molecular complexity index is 927. The van der Waals surface area contributed by atoms with Gasteiger partial charge in [0.1, 0.15) is 0 Å². The van der Waals surface area contributed by atoms with Crippen LogP contribution in [0.2, 0.25) is 0 Å². The zero-order chi connectivity index (χ0) is 20.1.